The van der Waals surface area contributed by atoms with E-state index in [0.717, 1.165) is 11.1 Å². The lowest BCUT2D eigenvalue weighted by molar-refractivity contribution is 0.155. The summed E-state index contributed by atoms with van der Waals surface area (Å²) in [5, 5.41) is 9.85. The van der Waals surface area contributed by atoms with Crippen LogP contribution in [0.5, 0.6) is 0 Å². The monoisotopic (exact) mass is 190 g/mol. The van der Waals surface area contributed by atoms with E-state index >= 15 is 0 Å². The molecule has 1 unspecified atom stereocenters. The standard InChI is InChI=1S/C11H14N2O/c1-8(12)11(14)9-5-7-13-6-3-2-4-10(9)13/h2-8,11,14H,12H2,1H3/t8?,11-/m0/s1. The van der Waals surface area contributed by atoms with Gasteiger partial charge in [-0.15, -0.1) is 0 Å². The zero-order valence-corrected chi connectivity index (χ0v) is 8.09. The number of nitrogens with two attached hydrogens (primary N) is 1. The number of hydrogen-bond acceptors (Lipinski definition) is 2. The number of aromatic nitrogens is 1. The summed E-state index contributed by atoms with van der Waals surface area (Å²) in [5.41, 5.74) is 7.56. The molecule has 0 amide bonds. The molecule has 2 rings (SSSR count). The van der Waals surface area contributed by atoms with Gasteiger partial charge in [-0.1, -0.05) is 6.07 Å². The van der Waals surface area contributed by atoms with Crippen LogP contribution in [0, 0.1) is 0 Å². The van der Waals surface area contributed by atoms with Crippen LogP contribution in [0.15, 0.2) is 36.7 Å². The Hall–Kier alpha value is -1.32. The van der Waals surface area contributed by atoms with Gasteiger partial charge in [-0.2, -0.15) is 0 Å². The number of fused-ring (bicyclic) bond motifs is 1. The van der Waals surface area contributed by atoms with E-state index in [-0.39, 0.29) is 6.04 Å². The minimum absolute atomic E-state index is 0.249. The van der Waals surface area contributed by atoms with Crippen molar-refractivity contribution in [3.8, 4) is 0 Å². The van der Waals surface area contributed by atoms with Crippen LogP contribution in [0.2, 0.25) is 0 Å². The molecule has 3 N–H and O–H groups in total. The highest BCUT2D eigenvalue weighted by Crippen LogP contribution is 2.21. The second-order valence-corrected chi connectivity index (χ2v) is 3.57. The second-order valence-electron chi connectivity index (χ2n) is 3.57. The molecule has 0 bridgehead atoms. The van der Waals surface area contributed by atoms with Gasteiger partial charge >= 0.3 is 0 Å². The topological polar surface area (TPSA) is 50.7 Å². The fraction of sp³-hybridized carbons (Fsp3) is 0.273. The minimum atomic E-state index is -0.595. The van der Waals surface area contributed by atoms with Crippen LogP contribution in [0.1, 0.15) is 18.6 Å². The molecule has 14 heavy (non-hydrogen) atoms. The predicted octanol–water partition coefficient (Wildman–Crippen LogP) is 1.32. The van der Waals surface area contributed by atoms with Gasteiger partial charge < -0.3 is 15.2 Å². The largest absolute Gasteiger partial charge is 0.387 e. The highest BCUT2D eigenvalue weighted by molar-refractivity contribution is 5.56. The number of hydrogen-bond donors (Lipinski definition) is 2. The molecule has 0 aromatic carbocycles. The van der Waals surface area contributed by atoms with Gasteiger partial charge in [0, 0.05) is 24.0 Å². The molecule has 74 valence electrons. The van der Waals surface area contributed by atoms with Crippen LogP contribution in [-0.4, -0.2) is 15.5 Å². The smallest absolute Gasteiger partial charge is 0.0958 e. The molecule has 0 aliphatic rings. The fourth-order valence-corrected chi connectivity index (χ4v) is 1.61. The zero-order chi connectivity index (χ0) is 10.1. The van der Waals surface area contributed by atoms with Crippen molar-refractivity contribution in [3.05, 3.63) is 42.2 Å². The third-order valence-electron chi connectivity index (χ3n) is 2.42. The van der Waals surface area contributed by atoms with Crippen molar-refractivity contribution in [2.45, 2.75) is 19.1 Å². The Labute approximate surface area is 82.8 Å². The van der Waals surface area contributed by atoms with E-state index in [2.05, 4.69) is 0 Å². The summed E-state index contributed by atoms with van der Waals surface area (Å²) >= 11 is 0. The number of pyridine rings is 1. The van der Waals surface area contributed by atoms with Crippen molar-refractivity contribution in [1.29, 1.82) is 0 Å². The molecule has 3 nitrogen and oxygen atoms in total. The molecular weight excluding hydrogens is 176 g/mol. The second kappa shape index (κ2) is 3.44. The van der Waals surface area contributed by atoms with Crippen LogP contribution in [0.4, 0.5) is 0 Å². The number of nitrogens with zero attached hydrogens (tertiary/aromatic N) is 1. The number of aliphatic hydroxyl groups is 1. The third kappa shape index (κ3) is 1.41. The normalized spacial score (nSPS) is 15.6. The van der Waals surface area contributed by atoms with Crippen molar-refractivity contribution in [2.24, 2.45) is 5.73 Å². The van der Waals surface area contributed by atoms with Crippen molar-refractivity contribution >= 4 is 5.52 Å². The summed E-state index contributed by atoms with van der Waals surface area (Å²) in [7, 11) is 0. The molecule has 0 aliphatic carbocycles. The Balaban J connectivity index is 2.53. The Morgan fingerprint density at radius 2 is 2.07 bits per heavy atom. The van der Waals surface area contributed by atoms with Gasteiger partial charge in [-0.3, -0.25) is 0 Å². The zero-order valence-electron chi connectivity index (χ0n) is 8.09. The Morgan fingerprint density at radius 1 is 1.29 bits per heavy atom. The summed E-state index contributed by atoms with van der Waals surface area (Å²) < 4.78 is 1.97. The van der Waals surface area contributed by atoms with Gasteiger partial charge in [-0.05, 0) is 25.1 Å². The first-order chi connectivity index (χ1) is 6.70. The van der Waals surface area contributed by atoms with E-state index in [9.17, 15) is 5.11 Å². The molecule has 0 aliphatic heterocycles. The van der Waals surface area contributed by atoms with E-state index in [1.165, 1.54) is 0 Å². The van der Waals surface area contributed by atoms with Crippen LogP contribution >= 0.6 is 0 Å². The predicted molar refractivity (Wildman–Crippen MR) is 56.0 cm³/mol. The molecule has 2 aromatic heterocycles. The quantitative estimate of drug-likeness (QED) is 0.750. The lowest BCUT2D eigenvalue weighted by Gasteiger charge is -2.13. The van der Waals surface area contributed by atoms with E-state index in [1.807, 2.05) is 41.1 Å². The van der Waals surface area contributed by atoms with Crippen molar-refractivity contribution in [3.63, 3.8) is 0 Å². The first kappa shape index (κ1) is 9.24. The molecule has 2 aromatic rings. The Bertz CT molecular complexity index is 434. The lowest BCUT2D eigenvalue weighted by Crippen LogP contribution is -2.24. The third-order valence-corrected chi connectivity index (χ3v) is 2.42. The van der Waals surface area contributed by atoms with Crippen LogP contribution in [0.25, 0.3) is 5.52 Å². The molecule has 2 heterocycles. The summed E-state index contributed by atoms with van der Waals surface area (Å²) in [6.07, 6.45) is 3.28. The van der Waals surface area contributed by atoms with Crippen LogP contribution in [-0.2, 0) is 0 Å². The van der Waals surface area contributed by atoms with Crippen molar-refractivity contribution in [1.82, 2.24) is 4.40 Å². The van der Waals surface area contributed by atoms with Gasteiger partial charge in [-0.25, -0.2) is 0 Å². The highest BCUT2D eigenvalue weighted by atomic mass is 16.3. The van der Waals surface area contributed by atoms with Gasteiger partial charge in [0.1, 0.15) is 0 Å². The molecule has 0 fully saturated rings. The first-order valence-electron chi connectivity index (χ1n) is 4.69. The van der Waals surface area contributed by atoms with E-state index in [4.69, 9.17) is 5.73 Å². The molecule has 2 atom stereocenters. The molecule has 0 saturated carbocycles. The number of aliphatic hydroxyl groups excluding tert-OH is 1. The van der Waals surface area contributed by atoms with Crippen LogP contribution in [0.3, 0.4) is 0 Å². The molecule has 0 radical (unpaired) electrons. The maximum Gasteiger partial charge on any atom is 0.0958 e. The van der Waals surface area contributed by atoms with Crippen molar-refractivity contribution < 1.29 is 5.11 Å². The molecule has 3 heteroatoms. The highest BCUT2D eigenvalue weighted by Gasteiger charge is 2.15. The van der Waals surface area contributed by atoms with Gasteiger partial charge in [0.25, 0.3) is 0 Å². The maximum absolute atomic E-state index is 9.85. The van der Waals surface area contributed by atoms with Gasteiger partial charge in [0.2, 0.25) is 0 Å². The van der Waals surface area contributed by atoms with Gasteiger partial charge in [0.05, 0.1) is 11.6 Å². The Kier molecular flexibility index (Phi) is 2.27. The van der Waals surface area contributed by atoms with E-state index < -0.39 is 6.10 Å². The van der Waals surface area contributed by atoms with E-state index in [0.29, 0.717) is 0 Å². The minimum Gasteiger partial charge on any atom is -0.387 e. The Morgan fingerprint density at radius 3 is 2.79 bits per heavy atom. The average Bonchev–Trinajstić information content (AvgIpc) is 2.60. The van der Waals surface area contributed by atoms with Gasteiger partial charge in [0.15, 0.2) is 0 Å². The summed E-state index contributed by atoms with van der Waals surface area (Å²) in [5.74, 6) is 0. The number of rotatable bonds is 2. The maximum atomic E-state index is 9.85. The molecular formula is C11H14N2O. The SMILES string of the molecule is CC(N)[C@H](O)c1ccn2ccccc12. The molecule has 0 spiro atoms. The first-order valence-corrected chi connectivity index (χ1v) is 4.69. The summed E-state index contributed by atoms with van der Waals surface area (Å²) in [6, 6.07) is 7.54. The van der Waals surface area contributed by atoms with Crippen molar-refractivity contribution in [2.75, 3.05) is 0 Å². The lowest BCUT2D eigenvalue weighted by atomic mass is 10.1. The van der Waals surface area contributed by atoms with Crippen LogP contribution < -0.4 is 5.73 Å². The summed E-state index contributed by atoms with van der Waals surface area (Å²) in [6.45, 7) is 1.80. The van der Waals surface area contributed by atoms with E-state index in [1.54, 1.807) is 6.92 Å². The average molecular weight is 190 g/mol. The fourth-order valence-electron chi connectivity index (χ4n) is 1.61. The summed E-state index contributed by atoms with van der Waals surface area (Å²) in [4.78, 5) is 0. The molecule has 0 saturated heterocycles.